The number of nitrogens with one attached hydrogen (secondary N) is 4. The topological polar surface area (TPSA) is 189 Å². The number of carbonyl (C=O) groups excluding carboxylic acids is 4. The Morgan fingerprint density at radius 1 is 0.816 bits per heavy atom. The lowest BCUT2D eigenvalue weighted by molar-refractivity contribution is -0.131. The first-order chi connectivity index (χ1) is 23.4. The molecular weight excluding hydrogens is 632 g/mol. The standard InChI is InChI=1S/C34H48N8O7/c1-7-23(4)30(39-34(47)49-6)32(45)40-42(18-25-13-15-26(16-14-25)41-20-35-36-21-41)19-28(43)27(17-24-11-9-8-10-12-24)37-31(44)29(22(2)3)38-33(46)48-5/h8-16,20-23,27-30,43H,7,17-19H2,1-6H3,(H,37,44)(H,38,46)(H,39,47)(H,40,45)/t23?,27?,28?,29-,30-/m0/s1. The van der Waals surface area contributed by atoms with E-state index in [1.807, 2.05) is 68.4 Å². The van der Waals surface area contributed by atoms with E-state index in [2.05, 4.69) is 31.6 Å². The van der Waals surface area contributed by atoms with Crippen molar-refractivity contribution in [2.75, 3.05) is 20.8 Å². The molecule has 3 rings (SSSR count). The molecule has 0 aliphatic heterocycles. The third-order valence-corrected chi connectivity index (χ3v) is 8.16. The molecule has 0 radical (unpaired) electrons. The van der Waals surface area contributed by atoms with E-state index in [4.69, 9.17) is 9.47 Å². The van der Waals surface area contributed by atoms with Gasteiger partial charge >= 0.3 is 12.2 Å². The highest BCUT2D eigenvalue weighted by Crippen LogP contribution is 2.15. The van der Waals surface area contributed by atoms with E-state index in [-0.39, 0.29) is 31.3 Å². The van der Waals surface area contributed by atoms with Gasteiger partial charge in [0.15, 0.2) is 0 Å². The van der Waals surface area contributed by atoms with Crippen LogP contribution < -0.4 is 21.4 Å². The Hall–Kier alpha value is -5.02. The van der Waals surface area contributed by atoms with E-state index in [1.165, 1.54) is 14.2 Å². The Balaban J connectivity index is 1.91. The summed E-state index contributed by atoms with van der Waals surface area (Å²) in [5, 5.41) is 29.1. The number of hydrogen-bond donors (Lipinski definition) is 5. The molecular formula is C34H48N8O7. The number of hydrazine groups is 1. The van der Waals surface area contributed by atoms with E-state index in [0.29, 0.717) is 6.42 Å². The van der Waals surface area contributed by atoms with Crippen LogP contribution in [0, 0.1) is 11.8 Å². The van der Waals surface area contributed by atoms with E-state index in [0.717, 1.165) is 16.8 Å². The zero-order valence-electron chi connectivity index (χ0n) is 28.8. The lowest BCUT2D eigenvalue weighted by atomic mass is 9.98. The Kier molecular flexibility index (Phi) is 15.0. The van der Waals surface area contributed by atoms with Crippen molar-refractivity contribution in [3.8, 4) is 5.69 Å². The number of aromatic nitrogens is 3. The molecule has 0 saturated heterocycles. The summed E-state index contributed by atoms with van der Waals surface area (Å²) >= 11 is 0. The maximum absolute atomic E-state index is 13.7. The van der Waals surface area contributed by atoms with Gasteiger partial charge in [-0.3, -0.25) is 19.6 Å². The quantitative estimate of drug-likeness (QED) is 0.132. The van der Waals surface area contributed by atoms with Gasteiger partial charge in [0, 0.05) is 18.8 Å². The molecule has 15 nitrogen and oxygen atoms in total. The molecule has 3 aromatic rings. The number of rotatable bonds is 17. The number of methoxy groups -OCH3 is 2. The van der Waals surface area contributed by atoms with Crippen LogP contribution in [0.15, 0.2) is 67.3 Å². The molecule has 0 aliphatic carbocycles. The molecule has 0 spiro atoms. The molecule has 3 unspecified atom stereocenters. The van der Waals surface area contributed by atoms with Crippen molar-refractivity contribution in [1.29, 1.82) is 0 Å². The van der Waals surface area contributed by atoms with Crippen LogP contribution in [0.5, 0.6) is 0 Å². The predicted octanol–water partition coefficient (Wildman–Crippen LogP) is 2.34. The molecule has 49 heavy (non-hydrogen) atoms. The zero-order valence-corrected chi connectivity index (χ0v) is 28.8. The highest BCUT2D eigenvalue weighted by Gasteiger charge is 2.32. The molecule has 4 amide bonds. The number of aliphatic hydroxyl groups is 1. The number of nitrogens with zero attached hydrogens (tertiary/aromatic N) is 4. The summed E-state index contributed by atoms with van der Waals surface area (Å²) in [4.78, 5) is 51.3. The average Bonchev–Trinajstić information content (AvgIpc) is 3.64. The number of aliphatic hydroxyl groups excluding tert-OH is 1. The van der Waals surface area contributed by atoms with Gasteiger partial charge < -0.3 is 30.5 Å². The van der Waals surface area contributed by atoms with Crippen molar-refractivity contribution in [2.45, 2.75) is 71.3 Å². The van der Waals surface area contributed by atoms with Crippen LogP contribution in [-0.4, -0.2) is 93.9 Å². The van der Waals surface area contributed by atoms with Crippen LogP contribution in [0.1, 0.15) is 45.2 Å². The summed E-state index contributed by atoms with van der Waals surface area (Å²) in [5.74, 6) is -1.53. The summed E-state index contributed by atoms with van der Waals surface area (Å²) in [6.07, 6.45) is 1.29. The minimum Gasteiger partial charge on any atom is -0.453 e. The second-order valence-corrected chi connectivity index (χ2v) is 12.1. The van der Waals surface area contributed by atoms with Gasteiger partial charge in [0.2, 0.25) is 5.91 Å². The highest BCUT2D eigenvalue weighted by molar-refractivity contribution is 5.86. The van der Waals surface area contributed by atoms with Crippen LogP contribution in [-0.2, 0) is 32.0 Å². The molecule has 0 saturated carbocycles. The maximum atomic E-state index is 13.7. The van der Waals surface area contributed by atoms with Gasteiger partial charge in [-0.2, -0.15) is 0 Å². The molecule has 2 aromatic carbocycles. The zero-order chi connectivity index (χ0) is 35.9. The number of hydrogen-bond acceptors (Lipinski definition) is 10. The summed E-state index contributed by atoms with van der Waals surface area (Å²) in [6.45, 7) is 7.36. The maximum Gasteiger partial charge on any atom is 0.407 e. The number of alkyl carbamates (subject to hydrolysis) is 2. The minimum absolute atomic E-state index is 0.112. The molecule has 0 aliphatic rings. The second kappa shape index (κ2) is 19.1. The van der Waals surface area contributed by atoms with Crippen LogP contribution in [0.2, 0.25) is 0 Å². The van der Waals surface area contributed by atoms with Crippen LogP contribution in [0.3, 0.4) is 0 Å². The van der Waals surface area contributed by atoms with Crippen molar-refractivity contribution in [1.82, 2.24) is 41.1 Å². The number of ether oxygens (including phenoxy) is 2. The minimum atomic E-state index is -1.21. The summed E-state index contributed by atoms with van der Waals surface area (Å²) in [7, 11) is 2.43. The number of amides is 4. The van der Waals surface area contributed by atoms with Crippen molar-refractivity contribution >= 4 is 24.0 Å². The molecule has 15 heteroatoms. The molecule has 266 valence electrons. The Bertz CT molecular complexity index is 1470. The Morgan fingerprint density at radius 3 is 1.96 bits per heavy atom. The Morgan fingerprint density at radius 2 is 1.41 bits per heavy atom. The van der Waals surface area contributed by atoms with Gasteiger partial charge in [0.1, 0.15) is 24.7 Å². The molecule has 0 fully saturated rings. The fourth-order valence-corrected chi connectivity index (χ4v) is 5.09. The fourth-order valence-electron chi connectivity index (χ4n) is 5.09. The lowest BCUT2D eigenvalue weighted by Gasteiger charge is -2.33. The number of carbonyl (C=O) groups is 4. The summed E-state index contributed by atoms with van der Waals surface area (Å²) < 4.78 is 11.2. The van der Waals surface area contributed by atoms with E-state index >= 15 is 0 Å². The van der Waals surface area contributed by atoms with Gasteiger partial charge in [-0.05, 0) is 41.5 Å². The SMILES string of the molecule is CCC(C)[C@H](NC(=O)OC)C(=O)NN(Cc1ccc(-n2cnnc2)cc1)CC(O)C(Cc1ccccc1)NC(=O)[C@@H](NC(=O)OC)C(C)C. The highest BCUT2D eigenvalue weighted by atomic mass is 16.5. The molecule has 0 bridgehead atoms. The average molecular weight is 681 g/mol. The van der Waals surface area contributed by atoms with Gasteiger partial charge in [-0.15, -0.1) is 10.2 Å². The second-order valence-electron chi connectivity index (χ2n) is 12.1. The van der Waals surface area contributed by atoms with Crippen molar-refractivity contribution in [3.63, 3.8) is 0 Å². The summed E-state index contributed by atoms with van der Waals surface area (Å²) in [5.41, 5.74) is 5.37. The van der Waals surface area contributed by atoms with E-state index in [9.17, 15) is 24.3 Å². The fraction of sp³-hybridized carbons (Fsp3) is 0.471. The Labute approximate surface area is 286 Å². The van der Waals surface area contributed by atoms with Gasteiger partial charge in [-0.1, -0.05) is 76.6 Å². The number of benzene rings is 2. The third kappa shape index (κ3) is 11.9. The molecule has 5 N–H and O–H groups in total. The van der Waals surface area contributed by atoms with Crippen molar-refractivity contribution < 1.29 is 33.8 Å². The van der Waals surface area contributed by atoms with Gasteiger partial charge in [-0.25, -0.2) is 14.6 Å². The first-order valence-electron chi connectivity index (χ1n) is 16.2. The first kappa shape index (κ1) is 38.4. The summed E-state index contributed by atoms with van der Waals surface area (Å²) in [6, 6.07) is 14.1. The molecule has 5 atom stereocenters. The predicted molar refractivity (Wildman–Crippen MR) is 181 cm³/mol. The van der Waals surface area contributed by atoms with Crippen LogP contribution in [0.4, 0.5) is 9.59 Å². The largest absolute Gasteiger partial charge is 0.453 e. The normalized spacial score (nSPS) is 14.2. The van der Waals surface area contributed by atoms with E-state index in [1.54, 1.807) is 36.1 Å². The van der Waals surface area contributed by atoms with Gasteiger partial charge in [0.25, 0.3) is 5.91 Å². The smallest absolute Gasteiger partial charge is 0.407 e. The van der Waals surface area contributed by atoms with Gasteiger partial charge in [0.05, 0.1) is 26.4 Å². The van der Waals surface area contributed by atoms with Crippen molar-refractivity contribution in [3.05, 3.63) is 78.4 Å². The van der Waals surface area contributed by atoms with E-state index < -0.39 is 48.2 Å². The first-order valence-corrected chi connectivity index (χ1v) is 16.2. The third-order valence-electron chi connectivity index (χ3n) is 8.16. The monoisotopic (exact) mass is 680 g/mol. The van der Waals surface area contributed by atoms with Crippen molar-refractivity contribution in [2.24, 2.45) is 11.8 Å². The van der Waals surface area contributed by atoms with Crippen LogP contribution in [0.25, 0.3) is 5.69 Å². The van der Waals surface area contributed by atoms with Crippen LogP contribution >= 0.6 is 0 Å². The molecule has 1 heterocycles. The molecule has 1 aromatic heterocycles. The lowest BCUT2D eigenvalue weighted by Crippen LogP contribution is -2.59.